The van der Waals surface area contributed by atoms with E-state index in [4.69, 9.17) is 0 Å². The van der Waals surface area contributed by atoms with E-state index in [2.05, 4.69) is 24.8 Å². The maximum atomic E-state index is 12.5. The van der Waals surface area contributed by atoms with Crippen LogP contribution in [0.4, 0.5) is 5.82 Å². The number of aryl methyl sites for hydroxylation is 1. The van der Waals surface area contributed by atoms with Gasteiger partial charge in [-0.15, -0.1) is 0 Å². The second-order valence-electron chi connectivity index (χ2n) is 6.09. The Morgan fingerprint density at radius 3 is 3.09 bits per heavy atom. The molecule has 3 heterocycles. The lowest BCUT2D eigenvalue weighted by atomic mass is 9.97. The van der Waals surface area contributed by atoms with Crippen molar-refractivity contribution in [3.63, 3.8) is 0 Å². The van der Waals surface area contributed by atoms with Gasteiger partial charge in [0.1, 0.15) is 5.82 Å². The highest BCUT2D eigenvalue weighted by atomic mass is 16.2. The molecule has 23 heavy (non-hydrogen) atoms. The van der Waals surface area contributed by atoms with Crippen molar-refractivity contribution >= 4 is 11.7 Å². The van der Waals surface area contributed by atoms with Crippen LogP contribution in [0.2, 0.25) is 0 Å². The Balaban J connectivity index is 1.52. The number of carbonyl (C=O) groups is 1. The number of imidazole rings is 1. The quantitative estimate of drug-likeness (QED) is 0.916. The van der Waals surface area contributed by atoms with E-state index in [0.29, 0.717) is 5.82 Å². The van der Waals surface area contributed by atoms with Gasteiger partial charge in [0, 0.05) is 37.7 Å². The summed E-state index contributed by atoms with van der Waals surface area (Å²) in [6.45, 7) is 5.65. The van der Waals surface area contributed by atoms with Gasteiger partial charge in [-0.1, -0.05) is 6.07 Å². The number of rotatable bonds is 5. The van der Waals surface area contributed by atoms with Crippen LogP contribution in [0, 0.1) is 12.8 Å². The van der Waals surface area contributed by atoms with E-state index in [-0.39, 0.29) is 11.8 Å². The molecule has 1 N–H and O–H groups in total. The summed E-state index contributed by atoms with van der Waals surface area (Å²) < 4.78 is 2.07. The zero-order valence-electron chi connectivity index (χ0n) is 13.5. The van der Waals surface area contributed by atoms with Gasteiger partial charge < -0.3 is 14.8 Å². The Morgan fingerprint density at radius 1 is 1.39 bits per heavy atom. The number of nitrogens with zero attached hydrogens (tertiary/aromatic N) is 4. The lowest BCUT2D eigenvalue weighted by molar-refractivity contribution is -0.121. The summed E-state index contributed by atoms with van der Waals surface area (Å²) in [5.41, 5.74) is 0.911. The Bertz CT molecular complexity index is 640. The van der Waals surface area contributed by atoms with Gasteiger partial charge in [0.25, 0.3) is 0 Å². The molecule has 0 radical (unpaired) electrons. The molecule has 1 amide bonds. The molecule has 0 aromatic carbocycles. The van der Waals surface area contributed by atoms with Crippen molar-refractivity contribution in [2.45, 2.75) is 26.3 Å². The van der Waals surface area contributed by atoms with E-state index in [9.17, 15) is 4.79 Å². The number of pyridine rings is 1. The van der Waals surface area contributed by atoms with Gasteiger partial charge in [-0.05, 0) is 38.4 Å². The van der Waals surface area contributed by atoms with Crippen molar-refractivity contribution in [1.29, 1.82) is 0 Å². The molecule has 0 spiro atoms. The summed E-state index contributed by atoms with van der Waals surface area (Å²) in [5.74, 6) is 0.759. The molecule has 0 bridgehead atoms. The number of nitrogens with one attached hydrogen (secondary N) is 1. The first-order valence-corrected chi connectivity index (χ1v) is 8.13. The minimum absolute atomic E-state index is 0.0360. The van der Waals surface area contributed by atoms with Crippen LogP contribution in [0.1, 0.15) is 18.5 Å². The van der Waals surface area contributed by atoms with Crippen LogP contribution in [-0.4, -0.2) is 45.0 Å². The Morgan fingerprint density at radius 2 is 2.30 bits per heavy atom. The summed E-state index contributed by atoms with van der Waals surface area (Å²) in [5, 5.41) is 2.95. The van der Waals surface area contributed by atoms with Crippen molar-refractivity contribution < 1.29 is 4.79 Å². The molecule has 1 aliphatic heterocycles. The second kappa shape index (κ2) is 7.37. The number of piperidine rings is 1. The number of anilines is 1. The van der Waals surface area contributed by atoms with Crippen LogP contribution in [0.3, 0.4) is 0 Å². The first-order valence-electron chi connectivity index (χ1n) is 8.13. The maximum absolute atomic E-state index is 12.5. The highest BCUT2D eigenvalue weighted by Crippen LogP contribution is 2.18. The van der Waals surface area contributed by atoms with E-state index in [0.717, 1.165) is 44.7 Å². The molecule has 1 atom stereocenters. The molecule has 0 saturated carbocycles. The fourth-order valence-electron chi connectivity index (χ4n) is 2.99. The van der Waals surface area contributed by atoms with Crippen LogP contribution < -0.4 is 5.32 Å². The number of carbonyl (C=O) groups excluding carboxylic acids is 1. The fraction of sp³-hybridized carbons (Fsp3) is 0.471. The zero-order valence-corrected chi connectivity index (χ0v) is 13.5. The molecular formula is C17H23N5O. The van der Waals surface area contributed by atoms with Crippen molar-refractivity contribution in [1.82, 2.24) is 19.4 Å². The van der Waals surface area contributed by atoms with Gasteiger partial charge >= 0.3 is 0 Å². The normalized spacial score (nSPS) is 18.7. The molecule has 1 aliphatic rings. The molecule has 3 rings (SSSR count). The van der Waals surface area contributed by atoms with Crippen molar-refractivity contribution in [2.75, 3.05) is 25.0 Å². The highest BCUT2D eigenvalue weighted by Gasteiger charge is 2.25. The summed E-state index contributed by atoms with van der Waals surface area (Å²) in [7, 11) is 0. The van der Waals surface area contributed by atoms with Crippen LogP contribution in [0.25, 0.3) is 0 Å². The van der Waals surface area contributed by atoms with E-state index in [1.54, 1.807) is 6.20 Å². The third kappa shape index (κ3) is 4.39. The SMILES string of the molecule is Cc1cccc(NC(=O)C2CCCN(CCn3ccnc3)C2)n1. The predicted molar refractivity (Wildman–Crippen MR) is 89.0 cm³/mol. The smallest absolute Gasteiger partial charge is 0.229 e. The third-order valence-corrected chi connectivity index (χ3v) is 4.25. The topological polar surface area (TPSA) is 63.1 Å². The standard InChI is InChI=1S/C17H23N5O/c1-14-4-2-6-16(19-14)20-17(23)15-5-3-8-21(12-15)10-11-22-9-7-18-13-22/h2,4,6-7,9,13,15H,3,5,8,10-12H2,1H3,(H,19,20,23). The predicted octanol–water partition coefficient (Wildman–Crippen LogP) is 1.94. The lowest BCUT2D eigenvalue weighted by Gasteiger charge is -2.31. The van der Waals surface area contributed by atoms with Gasteiger partial charge in [0.2, 0.25) is 5.91 Å². The van der Waals surface area contributed by atoms with Crippen molar-refractivity contribution in [3.8, 4) is 0 Å². The third-order valence-electron chi connectivity index (χ3n) is 4.25. The average Bonchev–Trinajstić information content (AvgIpc) is 3.07. The van der Waals surface area contributed by atoms with Crippen LogP contribution in [0.15, 0.2) is 36.9 Å². The lowest BCUT2D eigenvalue weighted by Crippen LogP contribution is -2.42. The monoisotopic (exact) mass is 313 g/mol. The molecule has 2 aromatic heterocycles. The molecule has 1 saturated heterocycles. The maximum Gasteiger partial charge on any atom is 0.229 e. The molecule has 2 aromatic rings. The summed E-state index contributed by atoms with van der Waals surface area (Å²) in [4.78, 5) is 23.2. The van der Waals surface area contributed by atoms with Crippen LogP contribution in [0.5, 0.6) is 0 Å². The number of aromatic nitrogens is 3. The Hall–Kier alpha value is -2.21. The number of likely N-dealkylation sites (tertiary alicyclic amines) is 1. The van der Waals surface area contributed by atoms with Crippen LogP contribution >= 0.6 is 0 Å². The molecule has 1 fully saturated rings. The van der Waals surface area contributed by atoms with Crippen molar-refractivity contribution in [3.05, 3.63) is 42.6 Å². The van der Waals surface area contributed by atoms with E-state index in [1.165, 1.54) is 0 Å². The largest absolute Gasteiger partial charge is 0.336 e. The average molecular weight is 313 g/mol. The number of hydrogen-bond donors (Lipinski definition) is 1. The van der Waals surface area contributed by atoms with Gasteiger partial charge in [0.15, 0.2) is 0 Å². The van der Waals surface area contributed by atoms with Gasteiger partial charge in [0.05, 0.1) is 12.2 Å². The highest BCUT2D eigenvalue weighted by molar-refractivity contribution is 5.91. The van der Waals surface area contributed by atoms with Gasteiger partial charge in [-0.3, -0.25) is 4.79 Å². The fourth-order valence-corrected chi connectivity index (χ4v) is 2.99. The second-order valence-corrected chi connectivity index (χ2v) is 6.09. The molecule has 1 unspecified atom stereocenters. The Kier molecular flexibility index (Phi) is 5.02. The number of hydrogen-bond acceptors (Lipinski definition) is 4. The van der Waals surface area contributed by atoms with E-state index >= 15 is 0 Å². The van der Waals surface area contributed by atoms with E-state index in [1.807, 2.05) is 37.6 Å². The first kappa shape index (κ1) is 15.7. The first-order chi connectivity index (χ1) is 11.2. The van der Waals surface area contributed by atoms with E-state index < -0.39 is 0 Å². The van der Waals surface area contributed by atoms with Crippen LogP contribution in [-0.2, 0) is 11.3 Å². The zero-order chi connectivity index (χ0) is 16.1. The molecule has 0 aliphatic carbocycles. The molecule has 122 valence electrons. The molecular weight excluding hydrogens is 290 g/mol. The van der Waals surface area contributed by atoms with Gasteiger partial charge in [-0.25, -0.2) is 9.97 Å². The summed E-state index contributed by atoms with van der Waals surface area (Å²) in [6.07, 6.45) is 7.60. The minimum Gasteiger partial charge on any atom is -0.336 e. The summed E-state index contributed by atoms with van der Waals surface area (Å²) in [6, 6.07) is 5.68. The minimum atomic E-state index is 0.0360. The number of amides is 1. The Labute approximate surface area is 136 Å². The van der Waals surface area contributed by atoms with Gasteiger partial charge in [-0.2, -0.15) is 0 Å². The summed E-state index contributed by atoms with van der Waals surface area (Å²) >= 11 is 0. The molecule has 6 heteroatoms. The molecule has 6 nitrogen and oxygen atoms in total. The van der Waals surface area contributed by atoms with Crippen molar-refractivity contribution in [2.24, 2.45) is 5.92 Å².